The van der Waals surface area contributed by atoms with E-state index < -0.39 is 41.8 Å². The molecule has 0 aliphatic heterocycles. The van der Waals surface area contributed by atoms with E-state index in [0.29, 0.717) is 0 Å². The van der Waals surface area contributed by atoms with Gasteiger partial charge in [0.2, 0.25) is 17.7 Å². The minimum Gasteiger partial charge on any atom is -0.480 e. The molecule has 0 aliphatic carbocycles. The zero-order valence-electron chi connectivity index (χ0n) is 15.5. The van der Waals surface area contributed by atoms with Crippen LogP contribution in [0.3, 0.4) is 0 Å². The SMILES string of the molecule is CCC(C)C(N)C(=O)NC(C(=O)NCC(=O)NC(C)C(=O)O)C(C)C. The van der Waals surface area contributed by atoms with E-state index in [1.807, 2.05) is 13.8 Å². The Morgan fingerprint density at radius 3 is 2.00 bits per heavy atom. The van der Waals surface area contributed by atoms with Crippen molar-refractivity contribution in [1.29, 1.82) is 0 Å². The number of amides is 3. The molecule has 0 rings (SSSR count). The molecule has 144 valence electrons. The van der Waals surface area contributed by atoms with Crippen molar-refractivity contribution in [3.8, 4) is 0 Å². The lowest BCUT2D eigenvalue weighted by Crippen LogP contribution is -2.56. The van der Waals surface area contributed by atoms with Gasteiger partial charge in [-0.2, -0.15) is 0 Å². The Bertz CT molecular complexity index is 495. The molecule has 0 aromatic carbocycles. The van der Waals surface area contributed by atoms with Crippen molar-refractivity contribution in [2.45, 2.75) is 59.2 Å². The summed E-state index contributed by atoms with van der Waals surface area (Å²) in [6.07, 6.45) is 0.731. The number of carbonyl (C=O) groups is 4. The van der Waals surface area contributed by atoms with Crippen molar-refractivity contribution in [1.82, 2.24) is 16.0 Å². The van der Waals surface area contributed by atoms with Gasteiger partial charge in [0, 0.05) is 0 Å². The molecule has 25 heavy (non-hydrogen) atoms. The zero-order chi connectivity index (χ0) is 19.7. The Hall–Kier alpha value is -2.16. The molecule has 0 aromatic rings. The summed E-state index contributed by atoms with van der Waals surface area (Å²) in [7, 11) is 0. The van der Waals surface area contributed by atoms with E-state index in [-0.39, 0.29) is 18.4 Å². The molecule has 0 spiro atoms. The number of carboxylic acid groups (broad SMARTS) is 1. The predicted molar refractivity (Wildman–Crippen MR) is 92.4 cm³/mol. The van der Waals surface area contributed by atoms with Crippen LogP contribution < -0.4 is 21.7 Å². The number of nitrogens with two attached hydrogens (primary N) is 1. The van der Waals surface area contributed by atoms with Gasteiger partial charge in [-0.05, 0) is 18.8 Å². The lowest BCUT2D eigenvalue weighted by molar-refractivity contribution is -0.141. The maximum absolute atomic E-state index is 12.2. The zero-order valence-corrected chi connectivity index (χ0v) is 15.5. The lowest BCUT2D eigenvalue weighted by Gasteiger charge is -2.25. The lowest BCUT2D eigenvalue weighted by atomic mass is 9.97. The Kier molecular flexibility index (Phi) is 9.73. The third-order valence-corrected chi connectivity index (χ3v) is 3.98. The van der Waals surface area contributed by atoms with Crippen LogP contribution in [0.15, 0.2) is 0 Å². The standard InChI is InChI=1S/C16H30N4O5/c1-6-9(4)12(17)14(22)20-13(8(2)3)15(23)18-7-11(21)19-10(5)16(24)25/h8-10,12-13H,6-7,17H2,1-5H3,(H,18,23)(H,19,21)(H,20,22)(H,24,25). The largest absolute Gasteiger partial charge is 0.480 e. The van der Waals surface area contributed by atoms with Gasteiger partial charge in [-0.25, -0.2) is 0 Å². The first kappa shape index (κ1) is 22.8. The van der Waals surface area contributed by atoms with E-state index in [2.05, 4.69) is 16.0 Å². The fourth-order valence-electron chi connectivity index (χ4n) is 1.93. The van der Waals surface area contributed by atoms with Crippen LogP contribution in [-0.2, 0) is 19.2 Å². The number of aliphatic carboxylic acids is 1. The Balaban J connectivity index is 4.68. The summed E-state index contributed by atoms with van der Waals surface area (Å²) in [5.41, 5.74) is 5.86. The summed E-state index contributed by atoms with van der Waals surface area (Å²) >= 11 is 0. The van der Waals surface area contributed by atoms with E-state index in [9.17, 15) is 19.2 Å². The molecule has 0 aromatic heterocycles. The van der Waals surface area contributed by atoms with Gasteiger partial charge in [0.1, 0.15) is 12.1 Å². The van der Waals surface area contributed by atoms with E-state index in [1.54, 1.807) is 13.8 Å². The quantitative estimate of drug-likeness (QED) is 0.345. The fourth-order valence-corrected chi connectivity index (χ4v) is 1.93. The number of hydrogen-bond acceptors (Lipinski definition) is 5. The summed E-state index contributed by atoms with van der Waals surface area (Å²) in [5, 5.41) is 16.0. The molecule has 0 bridgehead atoms. The second kappa shape index (κ2) is 10.7. The third-order valence-electron chi connectivity index (χ3n) is 3.98. The molecule has 0 fully saturated rings. The van der Waals surface area contributed by atoms with Crippen LogP contribution in [0.2, 0.25) is 0 Å². The van der Waals surface area contributed by atoms with E-state index in [0.717, 1.165) is 6.42 Å². The Morgan fingerprint density at radius 2 is 1.56 bits per heavy atom. The minimum atomic E-state index is -1.17. The maximum Gasteiger partial charge on any atom is 0.325 e. The van der Waals surface area contributed by atoms with Gasteiger partial charge in [0.15, 0.2) is 0 Å². The summed E-state index contributed by atoms with van der Waals surface area (Å²) in [6.45, 7) is 8.21. The van der Waals surface area contributed by atoms with Gasteiger partial charge in [0.05, 0.1) is 12.6 Å². The van der Waals surface area contributed by atoms with Crippen LogP contribution >= 0.6 is 0 Å². The summed E-state index contributed by atoms with van der Waals surface area (Å²) in [4.78, 5) is 46.7. The van der Waals surface area contributed by atoms with Crippen molar-refractivity contribution in [3.05, 3.63) is 0 Å². The Morgan fingerprint density at radius 1 is 1.00 bits per heavy atom. The summed E-state index contributed by atoms with van der Waals surface area (Å²) < 4.78 is 0. The van der Waals surface area contributed by atoms with Gasteiger partial charge in [0.25, 0.3) is 0 Å². The van der Waals surface area contributed by atoms with Gasteiger partial charge in [-0.15, -0.1) is 0 Å². The molecule has 4 atom stereocenters. The second-order valence-corrected chi connectivity index (χ2v) is 6.49. The normalized spacial score (nSPS) is 15.6. The van der Waals surface area contributed by atoms with Crippen molar-refractivity contribution >= 4 is 23.7 Å². The molecular formula is C16H30N4O5. The maximum atomic E-state index is 12.2. The average molecular weight is 358 g/mol. The van der Waals surface area contributed by atoms with Gasteiger partial charge >= 0.3 is 5.97 Å². The molecule has 4 unspecified atom stereocenters. The van der Waals surface area contributed by atoms with Crippen molar-refractivity contribution in [2.75, 3.05) is 6.54 Å². The Labute approximate surface area is 148 Å². The fraction of sp³-hybridized carbons (Fsp3) is 0.750. The molecule has 0 saturated heterocycles. The number of nitrogens with one attached hydrogen (secondary N) is 3. The molecule has 0 radical (unpaired) electrons. The molecule has 0 saturated carbocycles. The van der Waals surface area contributed by atoms with Crippen molar-refractivity contribution in [2.24, 2.45) is 17.6 Å². The highest BCUT2D eigenvalue weighted by atomic mass is 16.4. The van der Waals surface area contributed by atoms with E-state index in [1.165, 1.54) is 6.92 Å². The predicted octanol–water partition coefficient (Wildman–Crippen LogP) is -0.794. The molecule has 6 N–H and O–H groups in total. The van der Waals surface area contributed by atoms with Crippen LogP contribution in [0.25, 0.3) is 0 Å². The number of carbonyl (C=O) groups excluding carboxylic acids is 3. The number of rotatable bonds is 10. The molecule has 0 aliphatic rings. The summed E-state index contributed by atoms with van der Waals surface area (Å²) in [6, 6.07) is -2.62. The van der Waals surface area contributed by atoms with Crippen LogP contribution in [0, 0.1) is 11.8 Å². The minimum absolute atomic E-state index is 0.0286. The highest BCUT2D eigenvalue weighted by molar-refractivity contribution is 5.92. The van der Waals surface area contributed by atoms with Crippen LogP contribution in [0.4, 0.5) is 0 Å². The summed E-state index contributed by atoms with van der Waals surface area (Å²) in [5.74, 6) is -3.00. The molecule has 9 nitrogen and oxygen atoms in total. The molecule has 9 heteroatoms. The van der Waals surface area contributed by atoms with E-state index >= 15 is 0 Å². The second-order valence-electron chi connectivity index (χ2n) is 6.49. The van der Waals surface area contributed by atoms with Gasteiger partial charge < -0.3 is 26.8 Å². The highest BCUT2D eigenvalue weighted by Gasteiger charge is 2.28. The first-order chi connectivity index (χ1) is 11.5. The number of carboxylic acids is 1. The van der Waals surface area contributed by atoms with Crippen LogP contribution in [0.5, 0.6) is 0 Å². The highest BCUT2D eigenvalue weighted by Crippen LogP contribution is 2.08. The molecule has 3 amide bonds. The van der Waals surface area contributed by atoms with Gasteiger partial charge in [-0.1, -0.05) is 34.1 Å². The van der Waals surface area contributed by atoms with E-state index in [4.69, 9.17) is 10.8 Å². The van der Waals surface area contributed by atoms with Gasteiger partial charge in [-0.3, -0.25) is 19.2 Å². The smallest absolute Gasteiger partial charge is 0.325 e. The third kappa shape index (κ3) is 7.97. The monoisotopic (exact) mass is 358 g/mol. The van der Waals surface area contributed by atoms with Crippen LogP contribution in [-0.4, -0.2) is 53.5 Å². The van der Waals surface area contributed by atoms with Crippen molar-refractivity contribution < 1.29 is 24.3 Å². The first-order valence-corrected chi connectivity index (χ1v) is 8.37. The topological polar surface area (TPSA) is 151 Å². The first-order valence-electron chi connectivity index (χ1n) is 8.37. The number of hydrogen-bond donors (Lipinski definition) is 5. The average Bonchev–Trinajstić information content (AvgIpc) is 2.55. The molecule has 0 heterocycles. The molecular weight excluding hydrogens is 328 g/mol. The van der Waals surface area contributed by atoms with Crippen LogP contribution in [0.1, 0.15) is 41.0 Å². The van der Waals surface area contributed by atoms with Crippen molar-refractivity contribution in [3.63, 3.8) is 0 Å².